The molecule has 0 saturated carbocycles. The van der Waals surface area contributed by atoms with Gasteiger partial charge in [-0.2, -0.15) is 0 Å². The first kappa shape index (κ1) is 12.6. The molecule has 0 aliphatic rings. The van der Waals surface area contributed by atoms with E-state index >= 15 is 0 Å². The van der Waals surface area contributed by atoms with E-state index in [4.69, 9.17) is 0 Å². The number of carbonyl (C=O) groups is 1. The standard InChI is InChI=1S/C12H12Br2N2O/c1-2-3-15-12(17)8-6-16-11-5-10(14)9(13)4-7(8)11/h4-6,16H,2-3H2,1H3,(H,15,17). The molecule has 0 aliphatic heterocycles. The Bertz CT molecular complexity index is 563. The van der Waals surface area contributed by atoms with E-state index in [0.29, 0.717) is 12.1 Å². The van der Waals surface area contributed by atoms with Crippen LogP contribution in [0.4, 0.5) is 0 Å². The number of halogens is 2. The quantitative estimate of drug-likeness (QED) is 0.859. The van der Waals surface area contributed by atoms with Crippen LogP contribution in [0, 0.1) is 0 Å². The SMILES string of the molecule is CCCNC(=O)c1c[nH]c2cc(Br)c(Br)cc12. The lowest BCUT2D eigenvalue weighted by atomic mass is 10.1. The van der Waals surface area contributed by atoms with Crippen LogP contribution in [0.3, 0.4) is 0 Å². The van der Waals surface area contributed by atoms with Crippen LogP contribution in [0.1, 0.15) is 23.7 Å². The largest absolute Gasteiger partial charge is 0.360 e. The third-order valence-corrected chi connectivity index (χ3v) is 4.35. The monoisotopic (exact) mass is 358 g/mol. The van der Waals surface area contributed by atoms with Crippen LogP contribution in [-0.4, -0.2) is 17.4 Å². The molecule has 0 radical (unpaired) electrons. The molecular weight excluding hydrogens is 348 g/mol. The molecule has 0 spiro atoms. The van der Waals surface area contributed by atoms with Gasteiger partial charge in [-0.25, -0.2) is 0 Å². The van der Waals surface area contributed by atoms with Gasteiger partial charge in [0.15, 0.2) is 0 Å². The van der Waals surface area contributed by atoms with Crippen molar-refractivity contribution in [2.24, 2.45) is 0 Å². The van der Waals surface area contributed by atoms with Crippen molar-refractivity contribution in [1.29, 1.82) is 0 Å². The van der Waals surface area contributed by atoms with Crippen LogP contribution >= 0.6 is 31.9 Å². The molecule has 3 nitrogen and oxygen atoms in total. The van der Waals surface area contributed by atoms with Crippen molar-refractivity contribution in [3.8, 4) is 0 Å². The minimum absolute atomic E-state index is 0.0349. The number of carbonyl (C=O) groups excluding carboxylic acids is 1. The number of aromatic amines is 1. The smallest absolute Gasteiger partial charge is 0.253 e. The molecule has 1 heterocycles. The van der Waals surface area contributed by atoms with E-state index in [0.717, 1.165) is 26.3 Å². The summed E-state index contributed by atoms with van der Waals surface area (Å²) >= 11 is 6.88. The first-order valence-corrected chi connectivity index (χ1v) is 6.96. The van der Waals surface area contributed by atoms with Crippen molar-refractivity contribution in [3.05, 3.63) is 32.8 Å². The van der Waals surface area contributed by atoms with Gasteiger partial charge < -0.3 is 10.3 Å². The van der Waals surface area contributed by atoms with Crippen LogP contribution in [0.2, 0.25) is 0 Å². The molecule has 2 aromatic rings. The van der Waals surface area contributed by atoms with Crippen molar-refractivity contribution >= 4 is 48.7 Å². The number of nitrogens with one attached hydrogen (secondary N) is 2. The van der Waals surface area contributed by atoms with Crippen molar-refractivity contribution in [2.75, 3.05) is 6.54 Å². The van der Waals surface area contributed by atoms with E-state index in [1.54, 1.807) is 6.20 Å². The van der Waals surface area contributed by atoms with E-state index in [1.807, 2.05) is 19.1 Å². The van der Waals surface area contributed by atoms with Gasteiger partial charge in [-0.05, 0) is 50.4 Å². The Labute approximate surface area is 116 Å². The summed E-state index contributed by atoms with van der Waals surface area (Å²) in [6.07, 6.45) is 2.68. The summed E-state index contributed by atoms with van der Waals surface area (Å²) in [4.78, 5) is 15.0. The summed E-state index contributed by atoms with van der Waals surface area (Å²) in [6.45, 7) is 2.73. The molecule has 0 saturated heterocycles. The Morgan fingerprint density at radius 3 is 2.76 bits per heavy atom. The number of rotatable bonds is 3. The second-order valence-corrected chi connectivity index (χ2v) is 5.48. The molecule has 1 aromatic heterocycles. The van der Waals surface area contributed by atoms with Gasteiger partial charge in [0.2, 0.25) is 0 Å². The first-order valence-electron chi connectivity index (χ1n) is 5.37. The summed E-state index contributed by atoms with van der Waals surface area (Å²) < 4.78 is 1.90. The summed E-state index contributed by atoms with van der Waals surface area (Å²) in [5.41, 5.74) is 1.63. The minimum atomic E-state index is -0.0349. The molecule has 2 N–H and O–H groups in total. The molecular formula is C12H12Br2N2O. The highest BCUT2D eigenvalue weighted by Gasteiger charge is 2.12. The third kappa shape index (κ3) is 2.55. The zero-order chi connectivity index (χ0) is 12.4. The molecule has 90 valence electrons. The third-order valence-electron chi connectivity index (χ3n) is 2.50. The van der Waals surface area contributed by atoms with E-state index < -0.39 is 0 Å². The average Bonchev–Trinajstić information content (AvgIpc) is 2.69. The highest BCUT2D eigenvalue weighted by atomic mass is 79.9. The molecule has 0 atom stereocenters. The van der Waals surface area contributed by atoms with Crippen LogP contribution in [0.5, 0.6) is 0 Å². The van der Waals surface area contributed by atoms with Crippen LogP contribution in [-0.2, 0) is 0 Å². The fourth-order valence-electron chi connectivity index (χ4n) is 1.64. The fraction of sp³-hybridized carbons (Fsp3) is 0.250. The summed E-state index contributed by atoms with van der Waals surface area (Å²) in [5.74, 6) is -0.0349. The second-order valence-electron chi connectivity index (χ2n) is 3.77. The highest BCUT2D eigenvalue weighted by molar-refractivity contribution is 9.13. The number of benzene rings is 1. The zero-order valence-corrected chi connectivity index (χ0v) is 12.5. The summed E-state index contributed by atoms with van der Waals surface area (Å²) in [6, 6.07) is 3.90. The van der Waals surface area contributed by atoms with Crippen LogP contribution < -0.4 is 5.32 Å². The van der Waals surface area contributed by atoms with Gasteiger partial charge in [0.25, 0.3) is 5.91 Å². The van der Waals surface area contributed by atoms with Gasteiger partial charge in [-0.1, -0.05) is 6.92 Å². The molecule has 0 aliphatic carbocycles. The summed E-state index contributed by atoms with van der Waals surface area (Å²) in [7, 11) is 0. The molecule has 1 amide bonds. The zero-order valence-electron chi connectivity index (χ0n) is 9.31. The molecule has 0 bridgehead atoms. The number of amides is 1. The number of H-pyrrole nitrogens is 1. The minimum Gasteiger partial charge on any atom is -0.360 e. The van der Waals surface area contributed by atoms with Crippen molar-refractivity contribution in [3.63, 3.8) is 0 Å². The second kappa shape index (κ2) is 5.23. The van der Waals surface area contributed by atoms with E-state index in [1.165, 1.54) is 0 Å². The van der Waals surface area contributed by atoms with E-state index in [9.17, 15) is 4.79 Å². The maximum Gasteiger partial charge on any atom is 0.253 e. The Morgan fingerprint density at radius 1 is 1.35 bits per heavy atom. The lowest BCUT2D eigenvalue weighted by Gasteiger charge is -2.02. The Morgan fingerprint density at radius 2 is 2.06 bits per heavy atom. The van der Waals surface area contributed by atoms with Crippen molar-refractivity contribution in [2.45, 2.75) is 13.3 Å². The van der Waals surface area contributed by atoms with Crippen molar-refractivity contribution < 1.29 is 4.79 Å². The topological polar surface area (TPSA) is 44.9 Å². The predicted octanol–water partition coefficient (Wildman–Crippen LogP) is 3.83. The maximum absolute atomic E-state index is 11.9. The Balaban J connectivity index is 2.42. The average molecular weight is 360 g/mol. The van der Waals surface area contributed by atoms with Gasteiger partial charge in [0, 0.05) is 32.6 Å². The number of aromatic nitrogens is 1. The molecule has 0 unspecified atom stereocenters. The molecule has 0 fully saturated rings. The number of fused-ring (bicyclic) bond motifs is 1. The van der Waals surface area contributed by atoms with Gasteiger partial charge in [0.1, 0.15) is 0 Å². The van der Waals surface area contributed by atoms with E-state index in [2.05, 4.69) is 42.2 Å². The van der Waals surface area contributed by atoms with Gasteiger partial charge in [-0.3, -0.25) is 4.79 Å². The lowest BCUT2D eigenvalue weighted by Crippen LogP contribution is -2.23. The molecule has 17 heavy (non-hydrogen) atoms. The molecule has 5 heteroatoms. The lowest BCUT2D eigenvalue weighted by molar-refractivity contribution is 0.0955. The maximum atomic E-state index is 11.9. The van der Waals surface area contributed by atoms with Crippen molar-refractivity contribution in [1.82, 2.24) is 10.3 Å². The van der Waals surface area contributed by atoms with Gasteiger partial charge in [0.05, 0.1) is 5.56 Å². The van der Waals surface area contributed by atoms with Gasteiger partial charge >= 0.3 is 0 Å². The first-order chi connectivity index (χ1) is 8.13. The highest BCUT2D eigenvalue weighted by Crippen LogP contribution is 2.29. The van der Waals surface area contributed by atoms with E-state index in [-0.39, 0.29) is 5.91 Å². The normalized spacial score (nSPS) is 10.8. The summed E-state index contributed by atoms with van der Waals surface area (Å²) in [5, 5.41) is 3.80. The van der Waals surface area contributed by atoms with Crippen LogP contribution in [0.15, 0.2) is 27.3 Å². The fourth-order valence-corrected chi connectivity index (χ4v) is 2.33. The molecule has 2 rings (SSSR count). The number of hydrogen-bond acceptors (Lipinski definition) is 1. The van der Waals surface area contributed by atoms with Crippen LogP contribution in [0.25, 0.3) is 10.9 Å². The molecule has 1 aromatic carbocycles. The van der Waals surface area contributed by atoms with Gasteiger partial charge in [-0.15, -0.1) is 0 Å². The Hall–Kier alpha value is -0.810. The Kier molecular flexibility index (Phi) is 3.89. The predicted molar refractivity (Wildman–Crippen MR) is 76.3 cm³/mol. The number of hydrogen-bond donors (Lipinski definition) is 2.